The van der Waals surface area contributed by atoms with E-state index in [2.05, 4.69) is 10.3 Å². The second-order valence-corrected chi connectivity index (χ2v) is 9.53. The Bertz CT molecular complexity index is 1670. The molecule has 0 radical (unpaired) electrons. The summed E-state index contributed by atoms with van der Waals surface area (Å²) >= 11 is 12.2. The van der Waals surface area contributed by atoms with Gasteiger partial charge in [-0.05, 0) is 18.2 Å². The van der Waals surface area contributed by atoms with Gasteiger partial charge in [0.25, 0.3) is 5.91 Å². The van der Waals surface area contributed by atoms with E-state index < -0.39 is 74.9 Å². The molecule has 1 aliphatic heterocycles. The van der Waals surface area contributed by atoms with E-state index in [1.165, 1.54) is 23.1 Å². The molecule has 2 atom stereocenters. The zero-order chi connectivity index (χ0) is 28.2. The summed E-state index contributed by atoms with van der Waals surface area (Å²) in [5, 5.41) is 21.6. The van der Waals surface area contributed by atoms with E-state index in [4.69, 9.17) is 23.2 Å². The average Bonchev–Trinajstić information content (AvgIpc) is 3.19. The molecule has 1 aliphatic rings. The molecule has 8 nitrogen and oxygen atoms in total. The van der Waals surface area contributed by atoms with E-state index in [9.17, 15) is 33.0 Å². The molecule has 4 aromatic rings. The highest BCUT2D eigenvalue weighted by Gasteiger charge is 2.33. The highest BCUT2D eigenvalue weighted by atomic mass is 35.5. The lowest BCUT2D eigenvalue weighted by Crippen LogP contribution is -2.27. The van der Waals surface area contributed by atoms with Gasteiger partial charge in [-0.1, -0.05) is 29.3 Å². The van der Waals surface area contributed by atoms with Gasteiger partial charge in [-0.3, -0.25) is 14.2 Å². The number of nitrogens with zero attached hydrogens (tertiary/aromatic N) is 3. The van der Waals surface area contributed by atoms with Crippen molar-refractivity contribution < 1.29 is 32.6 Å². The van der Waals surface area contributed by atoms with Gasteiger partial charge in [-0.2, -0.15) is 0 Å². The first-order chi connectivity index (χ1) is 18.5. The minimum atomic E-state index is -1.40. The highest BCUT2D eigenvalue weighted by Crippen LogP contribution is 2.31. The maximum Gasteiger partial charge on any atom is 0.261 e. The van der Waals surface area contributed by atoms with E-state index in [0.29, 0.717) is 22.8 Å². The number of hydrogen-bond donors (Lipinski definition) is 3. The van der Waals surface area contributed by atoms with Gasteiger partial charge in [0.1, 0.15) is 17.1 Å². The molecule has 0 unspecified atom stereocenters. The van der Waals surface area contributed by atoms with Crippen LogP contribution in [0.5, 0.6) is 0 Å². The van der Waals surface area contributed by atoms with Crippen molar-refractivity contribution in [2.75, 3.05) is 23.3 Å². The van der Waals surface area contributed by atoms with Crippen molar-refractivity contribution in [2.24, 2.45) is 0 Å². The first-order valence-corrected chi connectivity index (χ1v) is 12.0. The number of halogens is 6. The smallest absolute Gasteiger partial charge is 0.261 e. The number of benzene rings is 2. The van der Waals surface area contributed by atoms with E-state index in [1.807, 2.05) is 0 Å². The molecule has 14 heteroatoms. The SMILES string of the molecule is O=C(Nc1c(Cl)cccc1Cl)c1cn(-c2c(F)cc(F)cc2F)c2nc(N3C[C@@H](O)[C@H](O)C3)c(F)cc2c1=O. The minimum Gasteiger partial charge on any atom is -0.389 e. The van der Waals surface area contributed by atoms with Crippen LogP contribution in [0.1, 0.15) is 10.4 Å². The van der Waals surface area contributed by atoms with Crippen molar-refractivity contribution in [3.05, 3.63) is 91.7 Å². The molecule has 2 aromatic carbocycles. The number of para-hydroxylation sites is 1. The van der Waals surface area contributed by atoms with E-state index in [0.717, 1.165) is 6.20 Å². The number of amides is 1. The number of pyridine rings is 2. The Kier molecular flexibility index (Phi) is 6.97. The molecule has 39 heavy (non-hydrogen) atoms. The second-order valence-electron chi connectivity index (χ2n) is 8.72. The van der Waals surface area contributed by atoms with Crippen molar-refractivity contribution in [2.45, 2.75) is 12.2 Å². The van der Waals surface area contributed by atoms with Gasteiger partial charge in [0.05, 0.1) is 33.3 Å². The molecule has 202 valence electrons. The number of hydrogen-bond acceptors (Lipinski definition) is 6. The lowest BCUT2D eigenvalue weighted by molar-refractivity contribution is 0.0572. The molecule has 3 N–H and O–H groups in total. The Morgan fingerprint density at radius 1 is 0.974 bits per heavy atom. The van der Waals surface area contributed by atoms with Crippen molar-refractivity contribution >= 4 is 51.6 Å². The van der Waals surface area contributed by atoms with Crippen LogP contribution in [0.2, 0.25) is 10.0 Å². The standard InChI is InChI=1S/C25H16Cl2F4N4O4/c26-13-2-1-3-14(27)20(13)32-25(39)12-7-35(21-15(29)4-10(28)5-16(21)30)23-11(22(12)38)6-17(31)24(33-23)34-8-18(36)19(37)9-34/h1-7,18-19,36-37H,8-9H2,(H,32,39)/t18-,19-/m1/s1. The first-order valence-electron chi connectivity index (χ1n) is 11.2. The number of aliphatic hydroxyl groups is 2. The quantitative estimate of drug-likeness (QED) is 0.313. The lowest BCUT2D eigenvalue weighted by atomic mass is 10.1. The number of β-amino-alcohol motifs (C(OH)–C–C–N with tert-alkyl or cyclic N) is 2. The van der Waals surface area contributed by atoms with Crippen molar-refractivity contribution in [3.8, 4) is 5.69 Å². The summed E-state index contributed by atoms with van der Waals surface area (Å²) in [5.41, 5.74) is -3.18. The van der Waals surface area contributed by atoms with Gasteiger partial charge in [0, 0.05) is 31.4 Å². The molecule has 1 amide bonds. The van der Waals surface area contributed by atoms with Gasteiger partial charge in [0.15, 0.2) is 28.9 Å². The monoisotopic (exact) mass is 582 g/mol. The van der Waals surface area contributed by atoms with Crippen LogP contribution < -0.4 is 15.6 Å². The highest BCUT2D eigenvalue weighted by molar-refractivity contribution is 6.40. The van der Waals surface area contributed by atoms with Crippen molar-refractivity contribution in [1.29, 1.82) is 0 Å². The zero-order valence-corrected chi connectivity index (χ0v) is 20.9. The molecule has 0 aliphatic carbocycles. The largest absolute Gasteiger partial charge is 0.389 e. The summed E-state index contributed by atoms with van der Waals surface area (Å²) in [4.78, 5) is 31.7. The summed E-state index contributed by atoms with van der Waals surface area (Å²) in [6.45, 7) is -0.446. The number of aliphatic hydroxyl groups excluding tert-OH is 2. The molecule has 5 rings (SSSR count). The fraction of sp³-hybridized carbons (Fsp3) is 0.160. The fourth-order valence-corrected chi connectivity index (χ4v) is 4.77. The van der Waals surface area contributed by atoms with Crippen LogP contribution in [0, 0.1) is 23.3 Å². The Hall–Kier alpha value is -3.71. The van der Waals surface area contributed by atoms with E-state index in [1.54, 1.807) is 0 Å². The van der Waals surface area contributed by atoms with Gasteiger partial charge in [0.2, 0.25) is 5.43 Å². The summed E-state index contributed by atoms with van der Waals surface area (Å²) in [7, 11) is 0. The van der Waals surface area contributed by atoms with Gasteiger partial charge in [-0.25, -0.2) is 22.5 Å². The Morgan fingerprint density at radius 3 is 2.15 bits per heavy atom. The first kappa shape index (κ1) is 26.9. The molecule has 0 bridgehead atoms. The van der Waals surface area contributed by atoms with Crippen LogP contribution in [0.3, 0.4) is 0 Å². The summed E-state index contributed by atoms with van der Waals surface area (Å²) < 4.78 is 59.3. The summed E-state index contributed by atoms with van der Waals surface area (Å²) in [5.74, 6) is -6.64. The molecule has 0 spiro atoms. The number of nitrogens with one attached hydrogen (secondary N) is 1. The predicted molar refractivity (Wildman–Crippen MR) is 136 cm³/mol. The third kappa shape index (κ3) is 4.80. The normalized spacial score (nSPS) is 17.2. The number of fused-ring (bicyclic) bond motifs is 1. The molecule has 1 saturated heterocycles. The second kappa shape index (κ2) is 10.1. The number of anilines is 2. The fourth-order valence-electron chi connectivity index (χ4n) is 4.27. The number of carbonyl (C=O) groups is 1. The van der Waals surface area contributed by atoms with Gasteiger partial charge < -0.3 is 20.4 Å². The van der Waals surface area contributed by atoms with Crippen LogP contribution in [0.4, 0.5) is 29.1 Å². The Balaban J connectivity index is 1.76. The predicted octanol–water partition coefficient (Wildman–Crippen LogP) is 4.04. The number of aromatic nitrogens is 2. The van der Waals surface area contributed by atoms with Crippen LogP contribution in [-0.2, 0) is 0 Å². The molecular weight excluding hydrogens is 567 g/mol. The maximum absolute atomic E-state index is 15.2. The third-order valence-corrected chi connectivity index (χ3v) is 6.77. The minimum absolute atomic E-state index is 0.0277. The van der Waals surface area contributed by atoms with Crippen molar-refractivity contribution in [3.63, 3.8) is 0 Å². The lowest BCUT2D eigenvalue weighted by Gasteiger charge is -2.20. The van der Waals surface area contributed by atoms with Gasteiger partial charge in [-0.15, -0.1) is 0 Å². The van der Waals surface area contributed by atoms with Crippen LogP contribution in [-0.4, -0.2) is 51.0 Å². The van der Waals surface area contributed by atoms with Gasteiger partial charge >= 0.3 is 0 Å². The summed E-state index contributed by atoms with van der Waals surface area (Å²) in [6.07, 6.45) is -1.68. The van der Waals surface area contributed by atoms with Crippen LogP contribution in [0.15, 0.2) is 47.4 Å². The zero-order valence-electron chi connectivity index (χ0n) is 19.4. The number of rotatable bonds is 4. The summed E-state index contributed by atoms with van der Waals surface area (Å²) in [6, 6.07) is 5.81. The number of carbonyl (C=O) groups excluding carboxylic acids is 1. The molecule has 0 saturated carbocycles. The molecule has 2 aromatic heterocycles. The van der Waals surface area contributed by atoms with Crippen LogP contribution >= 0.6 is 23.2 Å². The topological polar surface area (TPSA) is 108 Å². The van der Waals surface area contributed by atoms with E-state index in [-0.39, 0.29) is 28.8 Å². The van der Waals surface area contributed by atoms with Crippen molar-refractivity contribution in [1.82, 2.24) is 9.55 Å². The Labute approximate surface area is 226 Å². The van der Waals surface area contributed by atoms with Crippen LogP contribution in [0.25, 0.3) is 16.7 Å². The van der Waals surface area contributed by atoms with E-state index >= 15 is 4.39 Å². The maximum atomic E-state index is 15.2. The Morgan fingerprint density at radius 2 is 1.56 bits per heavy atom. The molecular formula is C25H16Cl2F4N4O4. The molecule has 3 heterocycles. The third-order valence-electron chi connectivity index (χ3n) is 6.14. The molecule has 1 fully saturated rings. The average molecular weight is 583 g/mol.